The topological polar surface area (TPSA) is 132 Å². The molecule has 0 fully saturated rings. The molecule has 0 aliphatic rings. The maximum absolute atomic E-state index is 5.32. The summed E-state index contributed by atoms with van der Waals surface area (Å²) in [6.45, 7) is 0. The first-order valence-corrected chi connectivity index (χ1v) is 7.12. The number of rotatable bonds is 7. The predicted octanol–water partition coefficient (Wildman–Crippen LogP) is 1.50. The lowest BCUT2D eigenvalue weighted by Gasteiger charge is -2.14. The third-order valence-electron chi connectivity index (χ3n) is 3.14. The number of hydrogen-bond acceptors (Lipinski definition) is 10. The molecule has 3 aromatic rings. The minimum atomic E-state index is 0.307. The summed E-state index contributed by atoms with van der Waals surface area (Å²) in [4.78, 5) is 16.3. The number of anilines is 4. The molecule has 1 aromatic carbocycles. The normalized spacial score (nSPS) is 10.2. The maximum atomic E-state index is 5.32. The molecule has 0 amide bonds. The van der Waals surface area contributed by atoms with Gasteiger partial charge in [0.1, 0.15) is 12.7 Å². The van der Waals surface area contributed by atoms with Gasteiger partial charge in [-0.2, -0.15) is 15.1 Å². The highest BCUT2D eigenvalue weighted by Gasteiger charge is 2.14. The number of nitrogens with zero attached hydrogens (tertiary/aromatic N) is 5. The summed E-state index contributed by atoms with van der Waals surface area (Å²) in [6, 6.07) is 3.49. The molecule has 11 heteroatoms. The summed E-state index contributed by atoms with van der Waals surface area (Å²) in [5.74, 6) is 2.58. The van der Waals surface area contributed by atoms with Gasteiger partial charge in [0.25, 0.3) is 0 Å². The van der Waals surface area contributed by atoms with Crippen LogP contribution >= 0.6 is 0 Å². The number of H-pyrrole nitrogens is 1. The van der Waals surface area contributed by atoms with Crippen molar-refractivity contribution in [3.8, 4) is 17.2 Å². The number of hydrogen-bond donors (Lipinski definition) is 3. The van der Waals surface area contributed by atoms with Crippen LogP contribution in [-0.2, 0) is 0 Å². The summed E-state index contributed by atoms with van der Waals surface area (Å²) >= 11 is 0. The van der Waals surface area contributed by atoms with E-state index in [9.17, 15) is 0 Å². The van der Waals surface area contributed by atoms with E-state index in [1.807, 2.05) is 0 Å². The van der Waals surface area contributed by atoms with Crippen LogP contribution in [-0.4, -0.2) is 51.5 Å². The van der Waals surface area contributed by atoms with Crippen LogP contribution in [0.15, 0.2) is 24.8 Å². The van der Waals surface area contributed by atoms with Gasteiger partial charge in [-0.05, 0) is 0 Å². The standard InChI is InChI=1S/C14H16N8O3/c1-23-9-4-8(5-10(24-2)11(9)25-3)19-12-15-6-16-13(20-12)21-14-17-7-18-22-14/h4-7H,1-3H3,(H3,15,16,17,18,19,20,21,22). The molecule has 3 rings (SSSR count). The van der Waals surface area contributed by atoms with Crippen LogP contribution in [0.4, 0.5) is 23.5 Å². The number of benzene rings is 1. The molecule has 0 radical (unpaired) electrons. The first-order chi connectivity index (χ1) is 12.2. The van der Waals surface area contributed by atoms with Crippen molar-refractivity contribution < 1.29 is 14.2 Å². The summed E-state index contributed by atoms with van der Waals surface area (Å²) in [5, 5.41) is 12.3. The van der Waals surface area contributed by atoms with Gasteiger partial charge in [0.15, 0.2) is 11.5 Å². The predicted molar refractivity (Wildman–Crippen MR) is 88.9 cm³/mol. The van der Waals surface area contributed by atoms with Gasteiger partial charge in [-0.25, -0.2) is 15.1 Å². The van der Waals surface area contributed by atoms with Gasteiger partial charge in [-0.1, -0.05) is 0 Å². The quantitative estimate of drug-likeness (QED) is 0.579. The molecule has 0 aliphatic heterocycles. The van der Waals surface area contributed by atoms with E-state index in [0.717, 1.165) is 0 Å². The second-order valence-electron chi connectivity index (χ2n) is 4.63. The monoisotopic (exact) mass is 344 g/mol. The Morgan fingerprint density at radius 2 is 1.52 bits per heavy atom. The molecule has 0 atom stereocenters. The van der Waals surface area contributed by atoms with Gasteiger partial charge in [0.2, 0.25) is 23.6 Å². The molecule has 2 heterocycles. The van der Waals surface area contributed by atoms with E-state index in [1.165, 1.54) is 12.7 Å². The number of nitrogens with one attached hydrogen (secondary N) is 3. The Morgan fingerprint density at radius 3 is 2.08 bits per heavy atom. The minimum Gasteiger partial charge on any atom is -0.493 e. The van der Waals surface area contributed by atoms with Crippen molar-refractivity contribution in [2.45, 2.75) is 0 Å². The van der Waals surface area contributed by atoms with Crippen LogP contribution in [0, 0.1) is 0 Å². The SMILES string of the molecule is COc1cc(Nc2ncnc(Nc3ncn[nH]3)n2)cc(OC)c1OC. The fourth-order valence-electron chi connectivity index (χ4n) is 2.07. The molecule has 25 heavy (non-hydrogen) atoms. The molecule has 130 valence electrons. The molecule has 0 saturated heterocycles. The molecule has 3 N–H and O–H groups in total. The second-order valence-corrected chi connectivity index (χ2v) is 4.63. The third kappa shape index (κ3) is 3.65. The Labute approximate surface area is 142 Å². The molecule has 0 spiro atoms. The van der Waals surface area contributed by atoms with Crippen molar-refractivity contribution in [3.63, 3.8) is 0 Å². The number of ether oxygens (including phenoxy) is 3. The second kappa shape index (κ2) is 7.29. The van der Waals surface area contributed by atoms with Crippen LogP contribution in [0.5, 0.6) is 17.2 Å². The highest BCUT2D eigenvalue weighted by Crippen LogP contribution is 2.40. The smallest absolute Gasteiger partial charge is 0.234 e. The lowest BCUT2D eigenvalue weighted by molar-refractivity contribution is 0.324. The van der Waals surface area contributed by atoms with E-state index in [1.54, 1.807) is 33.5 Å². The van der Waals surface area contributed by atoms with Crippen molar-refractivity contribution in [2.75, 3.05) is 32.0 Å². The molecule has 0 bridgehead atoms. The van der Waals surface area contributed by atoms with Crippen molar-refractivity contribution in [3.05, 3.63) is 24.8 Å². The lowest BCUT2D eigenvalue weighted by atomic mass is 10.2. The van der Waals surface area contributed by atoms with E-state index in [-0.39, 0.29) is 0 Å². The van der Waals surface area contributed by atoms with Crippen molar-refractivity contribution in [1.82, 2.24) is 30.1 Å². The van der Waals surface area contributed by atoms with E-state index in [0.29, 0.717) is 40.8 Å². The Hall–Kier alpha value is -3.63. The van der Waals surface area contributed by atoms with Crippen molar-refractivity contribution in [1.29, 1.82) is 0 Å². The summed E-state index contributed by atoms with van der Waals surface area (Å²) in [5.41, 5.74) is 0.659. The van der Waals surface area contributed by atoms with E-state index < -0.39 is 0 Å². The fraction of sp³-hybridized carbons (Fsp3) is 0.214. The van der Waals surface area contributed by atoms with Crippen molar-refractivity contribution >= 4 is 23.5 Å². The van der Waals surface area contributed by atoms with Gasteiger partial charge in [-0.3, -0.25) is 5.32 Å². The average Bonchev–Trinajstić information content (AvgIpc) is 3.14. The molecule has 11 nitrogen and oxygen atoms in total. The minimum absolute atomic E-state index is 0.307. The number of aromatic amines is 1. The van der Waals surface area contributed by atoms with E-state index in [2.05, 4.69) is 40.8 Å². The summed E-state index contributed by atoms with van der Waals surface area (Å²) in [6.07, 6.45) is 2.74. The third-order valence-corrected chi connectivity index (χ3v) is 3.14. The highest BCUT2D eigenvalue weighted by atomic mass is 16.5. The molecule has 0 unspecified atom stereocenters. The van der Waals surface area contributed by atoms with E-state index >= 15 is 0 Å². The lowest BCUT2D eigenvalue weighted by Crippen LogP contribution is -2.04. The molecule has 0 aliphatic carbocycles. The van der Waals surface area contributed by atoms with Gasteiger partial charge in [0.05, 0.1) is 21.3 Å². The Kier molecular flexibility index (Phi) is 4.74. The Balaban J connectivity index is 1.84. The van der Waals surface area contributed by atoms with Gasteiger partial charge in [0, 0.05) is 17.8 Å². The van der Waals surface area contributed by atoms with Crippen LogP contribution in [0.25, 0.3) is 0 Å². The van der Waals surface area contributed by atoms with E-state index in [4.69, 9.17) is 14.2 Å². The molecular formula is C14H16N8O3. The number of aromatic nitrogens is 6. The Morgan fingerprint density at radius 1 is 0.840 bits per heavy atom. The Bertz CT molecular complexity index is 815. The summed E-state index contributed by atoms with van der Waals surface area (Å²) < 4.78 is 15.9. The zero-order valence-corrected chi connectivity index (χ0v) is 13.8. The highest BCUT2D eigenvalue weighted by molar-refractivity contribution is 5.66. The largest absolute Gasteiger partial charge is 0.493 e. The summed E-state index contributed by atoms with van der Waals surface area (Å²) in [7, 11) is 4.63. The van der Waals surface area contributed by atoms with Crippen LogP contribution < -0.4 is 24.8 Å². The molecular weight excluding hydrogens is 328 g/mol. The van der Waals surface area contributed by atoms with Crippen molar-refractivity contribution in [2.24, 2.45) is 0 Å². The first kappa shape index (κ1) is 16.2. The fourth-order valence-corrected chi connectivity index (χ4v) is 2.07. The zero-order chi connectivity index (χ0) is 17.6. The van der Waals surface area contributed by atoms with Crippen LogP contribution in [0.2, 0.25) is 0 Å². The average molecular weight is 344 g/mol. The van der Waals surface area contributed by atoms with Crippen LogP contribution in [0.1, 0.15) is 0 Å². The first-order valence-electron chi connectivity index (χ1n) is 7.12. The van der Waals surface area contributed by atoms with Gasteiger partial charge in [-0.15, -0.1) is 0 Å². The zero-order valence-electron chi connectivity index (χ0n) is 13.8. The molecule has 2 aromatic heterocycles. The van der Waals surface area contributed by atoms with Gasteiger partial charge < -0.3 is 19.5 Å². The van der Waals surface area contributed by atoms with Gasteiger partial charge >= 0.3 is 0 Å². The van der Waals surface area contributed by atoms with Crippen LogP contribution in [0.3, 0.4) is 0 Å². The maximum Gasteiger partial charge on any atom is 0.234 e. The number of methoxy groups -OCH3 is 3. The molecule has 0 saturated carbocycles.